The highest BCUT2D eigenvalue weighted by Gasteiger charge is 2.33. The van der Waals surface area contributed by atoms with E-state index >= 15 is 0 Å². The Labute approximate surface area is 176 Å². The molecule has 1 saturated heterocycles. The van der Waals surface area contributed by atoms with Crippen molar-refractivity contribution >= 4 is 15.9 Å². The summed E-state index contributed by atoms with van der Waals surface area (Å²) in [6.07, 6.45) is 5.16. The van der Waals surface area contributed by atoms with E-state index in [4.69, 9.17) is 4.74 Å². The van der Waals surface area contributed by atoms with Crippen LogP contribution in [0.25, 0.3) is 0 Å². The number of aliphatic hydroxyl groups is 1. The summed E-state index contributed by atoms with van der Waals surface area (Å²) < 4.78 is 33.9. The Hall–Kier alpha value is -2.40. The molecule has 1 amide bonds. The SMILES string of the molecule is Cc1cccc(S(=O)(=O)N[C@@H]2CC[C@@H](CCNC(=O)c3cnccn3)O[C@H]2CO)c1. The third-order valence-corrected chi connectivity index (χ3v) is 6.44. The Bertz CT molecular complexity index is 955. The van der Waals surface area contributed by atoms with E-state index < -0.39 is 22.2 Å². The van der Waals surface area contributed by atoms with Crippen molar-refractivity contribution in [3.05, 3.63) is 54.1 Å². The van der Waals surface area contributed by atoms with Crippen molar-refractivity contribution in [2.45, 2.75) is 49.3 Å². The van der Waals surface area contributed by atoms with Gasteiger partial charge in [-0.1, -0.05) is 12.1 Å². The zero-order chi connectivity index (χ0) is 21.6. The van der Waals surface area contributed by atoms with Crippen LogP contribution in [0.15, 0.2) is 47.8 Å². The maximum atomic E-state index is 12.7. The molecule has 1 fully saturated rings. The van der Waals surface area contributed by atoms with Gasteiger partial charge in [0, 0.05) is 18.9 Å². The monoisotopic (exact) mass is 434 g/mol. The first-order valence-electron chi connectivity index (χ1n) is 9.78. The molecule has 0 radical (unpaired) electrons. The minimum absolute atomic E-state index is 0.188. The van der Waals surface area contributed by atoms with Crippen molar-refractivity contribution in [3.63, 3.8) is 0 Å². The molecule has 2 heterocycles. The number of ether oxygens (including phenoxy) is 1. The van der Waals surface area contributed by atoms with Crippen molar-refractivity contribution in [3.8, 4) is 0 Å². The summed E-state index contributed by atoms with van der Waals surface area (Å²) in [5, 5.41) is 12.5. The zero-order valence-corrected chi connectivity index (χ0v) is 17.5. The molecule has 2 aromatic rings. The molecule has 10 heteroatoms. The number of sulfonamides is 1. The van der Waals surface area contributed by atoms with Gasteiger partial charge in [0.2, 0.25) is 10.0 Å². The molecular weight excluding hydrogens is 408 g/mol. The summed E-state index contributed by atoms with van der Waals surface area (Å²) in [5.41, 5.74) is 1.08. The zero-order valence-electron chi connectivity index (χ0n) is 16.7. The van der Waals surface area contributed by atoms with Gasteiger partial charge in [0.15, 0.2) is 0 Å². The molecule has 1 aromatic heterocycles. The largest absolute Gasteiger partial charge is 0.394 e. The fourth-order valence-corrected chi connectivity index (χ4v) is 4.79. The number of benzene rings is 1. The van der Waals surface area contributed by atoms with E-state index in [1.54, 1.807) is 12.1 Å². The first-order chi connectivity index (χ1) is 14.4. The number of aliphatic hydroxyl groups excluding tert-OH is 1. The third kappa shape index (κ3) is 5.82. The van der Waals surface area contributed by atoms with Gasteiger partial charge in [-0.25, -0.2) is 18.1 Å². The lowest BCUT2D eigenvalue weighted by Crippen LogP contribution is -2.51. The maximum absolute atomic E-state index is 12.7. The molecule has 0 saturated carbocycles. The van der Waals surface area contributed by atoms with Gasteiger partial charge < -0.3 is 15.2 Å². The highest BCUT2D eigenvalue weighted by atomic mass is 32.2. The van der Waals surface area contributed by atoms with Crippen LogP contribution >= 0.6 is 0 Å². The van der Waals surface area contributed by atoms with Crippen LogP contribution in [-0.2, 0) is 14.8 Å². The van der Waals surface area contributed by atoms with E-state index in [2.05, 4.69) is 20.0 Å². The van der Waals surface area contributed by atoms with Crippen LogP contribution < -0.4 is 10.0 Å². The number of hydrogen-bond acceptors (Lipinski definition) is 7. The third-order valence-electron chi connectivity index (χ3n) is 4.95. The Morgan fingerprint density at radius 2 is 2.13 bits per heavy atom. The molecular formula is C20H26N4O5S. The number of carbonyl (C=O) groups is 1. The minimum atomic E-state index is -3.71. The summed E-state index contributed by atoms with van der Waals surface area (Å²) in [5.74, 6) is -0.318. The summed E-state index contributed by atoms with van der Waals surface area (Å²) in [4.78, 5) is 20.0. The first-order valence-corrected chi connectivity index (χ1v) is 11.3. The second-order valence-electron chi connectivity index (χ2n) is 7.24. The maximum Gasteiger partial charge on any atom is 0.271 e. The number of aromatic nitrogens is 2. The predicted octanol–water partition coefficient (Wildman–Crippen LogP) is 0.792. The fourth-order valence-electron chi connectivity index (χ4n) is 3.38. The Morgan fingerprint density at radius 1 is 1.30 bits per heavy atom. The van der Waals surface area contributed by atoms with Gasteiger partial charge in [-0.15, -0.1) is 0 Å². The predicted molar refractivity (Wildman–Crippen MR) is 109 cm³/mol. The van der Waals surface area contributed by atoms with E-state index in [1.807, 2.05) is 13.0 Å². The molecule has 30 heavy (non-hydrogen) atoms. The van der Waals surface area contributed by atoms with E-state index in [0.717, 1.165) is 5.56 Å². The highest BCUT2D eigenvalue weighted by Crippen LogP contribution is 2.23. The van der Waals surface area contributed by atoms with Crippen molar-refractivity contribution in [1.29, 1.82) is 0 Å². The van der Waals surface area contributed by atoms with E-state index in [1.165, 1.54) is 24.7 Å². The average molecular weight is 435 g/mol. The quantitative estimate of drug-likeness (QED) is 0.560. The molecule has 9 nitrogen and oxygen atoms in total. The molecule has 1 aliphatic rings. The molecule has 3 rings (SSSR count). The van der Waals surface area contributed by atoms with Crippen LogP contribution in [0.2, 0.25) is 0 Å². The Morgan fingerprint density at radius 3 is 2.83 bits per heavy atom. The standard InChI is InChI=1S/C20H26N4O5S/c1-14-3-2-4-16(11-14)30(27,28)24-17-6-5-15(29-19(17)13-25)7-8-23-20(26)18-12-21-9-10-22-18/h2-4,9-12,15,17,19,24-25H,5-8,13H2,1H3,(H,23,26)/t15-,17+,19-/m0/s1. The lowest BCUT2D eigenvalue weighted by atomic mass is 9.98. The first kappa shape index (κ1) is 22.3. The number of nitrogens with zero attached hydrogens (tertiary/aromatic N) is 2. The van der Waals surface area contributed by atoms with Gasteiger partial charge in [0.25, 0.3) is 5.91 Å². The topological polar surface area (TPSA) is 131 Å². The van der Waals surface area contributed by atoms with Crippen molar-refractivity contribution in [2.75, 3.05) is 13.2 Å². The molecule has 0 bridgehead atoms. The van der Waals surface area contributed by atoms with Gasteiger partial charge in [-0.2, -0.15) is 0 Å². The van der Waals surface area contributed by atoms with Crippen LogP contribution in [0.4, 0.5) is 0 Å². The summed E-state index contributed by atoms with van der Waals surface area (Å²) in [6.45, 7) is 1.90. The summed E-state index contributed by atoms with van der Waals surface area (Å²) in [7, 11) is -3.71. The van der Waals surface area contributed by atoms with Crippen LogP contribution in [0.1, 0.15) is 35.3 Å². The van der Waals surface area contributed by atoms with Crippen LogP contribution in [0.3, 0.4) is 0 Å². The van der Waals surface area contributed by atoms with E-state index in [-0.39, 0.29) is 29.2 Å². The molecule has 0 aliphatic carbocycles. The van der Waals surface area contributed by atoms with Crippen molar-refractivity contribution in [2.24, 2.45) is 0 Å². The van der Waals surface area contributed by atoms with E-state index in [9.17, 15) is 18.3 Å². The van der Waals surface area contributed by atoms with Crippen molar-refractivity contribution < 1.29 is 23.1 Å². The summed E-state index contributed by atoms with van der Waals surface area (Å²) in [6, 6.07) is 6.13. The lowest BCUT2D eigenvalue weighted by molar-refractivity contribution is -0.0871. The van der Waals surface area contributed by atoms with Gasteiger partial charge in [-0.3, -0.25) is 9.78 Å². The van der Waals surface area contributed by atoms with Gasteiger partial charge in [0.1, 0.15) is 5.69 Å². The normalized spacial score (nSPS) is 21.9. The molecule has 3 atom stereocenters. The Kier molecular flexibility index (Phi) is 7.48. The highest BCUT2D eigenvalue weighted by molar-refractivity contribution is 7.89. The Balaban J connectivity index is 1.51. The average Bonchev–Trinajstić information content (AvgIpc) is 2.75. The second-order valence-corrected chi connectivity index (χ2v) is 8.95. The van der Waals surface area contributed by atoms with Crippen LogP contribution in [-0.4, -0.2) is 60.8 Å². The number of nitrogens with one attached hydrogen (secondary N) is 2. The van der Waals surface area contributed by atoms with E-state index in [0.29, 0.717) is 25.8 Å². The van der Waals surface area contributed by atoms with Gasteiger partial charge in [-0.05, 0) is 43.9 Å². The van der Waals surface area contributed by atoms with Crippen molar-refractivity contribution in [1.82, 2.24) is 20.0 Å². The fraction of sp³-hybridized carbons (Fsp3) is 0.450. The number of amides is 1. The number of rotatable bonds is 8. The van der Waals surface area contributed by atoms with Crippen LogP contribution in [0, 0.1) is 6.92 Å². The lowest BCUT2D eigenvalue weighted by Gasteiger charge is -2.36. The van der Waals surface area contributed by atoms with Gasteiger partial charge in [0.05, 0.1) is 35.9 Å². The molecule has 162 valence electrons. The number of carbonyl (C=O) groups excluding carboxylic acids is 1. The second kappa shape index (κ2) is 10.1. The summed E-state index contributed by atoms with van der Waals surface area (Å²) >= 11 is 0. The molecule has 0 unspecified atom stereocenters. The minimum Gasteiger partial charge on any atom is -0.394 e. The number of aryl methyl sites for hydroxylation is 1. The molecule has 1 aromatic carbocycles. The van der Waals surface area contributed by atoms with Crippen LogP contribution in [0.5, 0.6) is 0 Å². The smallest absolute Gasteiger partial charge is 0.271 e. The molecule has 3 N–H and O–H groups in total. The molecule has 1 aliphatic heterocycles. The molecule has 0 spiro atoms. The number of hydrogen-bond donors (Lipinski definition) is 3. The van der Waals surface area contributed by atoms with Gasteiger partial charge >= 0.3 is 0 Å².